The van der Waals surface area contributed by atoms with Crippen LogP contribution in [0.25, 0.3) is 5.32 Å². The molecule has 0 fully saturated rings. The number of carbonyl (C=O) groups is 1. The molecule has 0 aliphatic rings. The van der Waals surface area contributed by atoms with E-state index < -0.39 is 6.09 Å². The average Bonchev–Trinajstić information content (AvgIpc) is 2.30. The number of ether oxygens (including phenoxy) is 1. The molecule has 0 unspecified atom stereocenters. The zero-order valence-corrected chi connectivity index (χ0v) is 15.5. The molecule has 0 aliphatic heterocycles. The molecule has 89 valence electrons. The summed E-state index contributed by atoms with van der Waals surface area (Å²) in [5.74, 6) is 0.476. The maximum Gasteiger partial charge on any atom is 1.00 e. The molecule has 0 atom stereocenters. The van der Waals surface area contributed by atoms with Crippen LogP contribution in [-0.4, -0.2) is 16.1 Å². The van der Waals surface area contributed by atoms with Crippen LogP contribution in [0, 0.1) is 13.1 Å². The van der Waals surface area contributed by atoms with Crippen molar-refractivity contribution in [2.24, 2.45) is 0 Å². The van der Waals surface area contributed by atoms with Crippen LogP contribution in [0.15, 0.2) is 36.4 Å². The smallest absolute Gasteiger partial charge is 0.500 e. The van der Waals surface area contributed by atoms with Crippen molar-refractivity contribution in [2.75, 3.05) is 0 Å². The first-order valence-corrected chi connectivity index (χ1v) is 4.94. The summed E-state index contributed by atoms with van der Waals surface area (Å²) in [5.41, 5.74) is 0.686. The van der Waals surface area contributed by atoms with Crippen LogP contribution in [0.2, 0.25) is 0 Å². The number of aromatic nitrogens is 2. The molecule has 1 radical (unpaired) electrons. The van der Waals surface area contributed by atoms with Crippen molar-refractivity contribution in [3.05, 3.63) is 53.6 Å². The number of carbonyl (C=O) groups excluding carboxylic acids is 1. The third-order valence-corrected chi connectivity index (χ3v) is 1.85. The Balaban J connectivity index is 0.00000162. The fourth-order valence-electron chi connectivity index (χ4n) is 1.14. The molecule has 7 heteroatoms. The largest absolute Gasteiger partial charge is 1.00 e. The Morgan fingerprint density at radius 3 is 2.63 bits per heavy atom. The maximum atomic E-state index is 11.4. The van der Waals surface area contributed by atoms with Gasteiger partial charge in [0.1, 0.15) is 5.75 Å². The van der Waals surface area contributed by atoms with Crippen LogP contribution in [-0.2, 0) is 32.7 Å². The standard InChI is InChI=1S/C12H10N3O2.Na.Y/c1-9-7-8-13-11(14-9)15-12(16)17-10-5-3-2-4-6-10;;/h2-7H,1H3,(H,13,14,15,16);;/q-1;+1;/p-1. The third kappa shape index (κ3) is 6.59. The average molecular weight is 339 g/mol. The number of amides is 1. The van der Waals surface area contributed by atoms with E-state index in [1.807, 2.05) is 6.07 Å². The molecular weight excluding hydrogens is 330 g/mol. The minimum Gasteiger partial charge on any atom is -0.500 e. The van der Waals surface area contributed by atoms with E-state index in [1.165, 1.54) is 0 Å². The summed E-state index contributed by atoms with van der Waals surface area (Å²) >= 11 is 0. The summed E-state index contributed by atoms with van der Waals surface area (Å²) in [4.78, 5) is 19.1. The minimum absolute atomic E-state index is 0. The van der Waals surface area contributed by atoms with Crippen LogP contribution in [0.4, 0.5) is 10.7 Å². The monoisotopic (exact) mass is 339 g/mol. The van der Waals surface area contributed by atoms with Gasteiger partial charge in [-0.2, -0.15) is 12.3 Å². The van der Waals surface area contributed by atoms with E-state index in [9.17, 15) is 4.79 Å². The Morgan fingerprint density at radius 1 is 1.32 bits per heavy atom. The van der Waals surface area contributed by atoms with Gasteiger partial charge < -0.3 is 20.0 Å². The van der Waals surface area contributed by atoms with Crippen molar-refractivity contribution in [1.29, 1.82) is 0 Å². The molecule has 0 bridgehead atoms. The van der Waals surface area contributed by atoms with Gasteiger partial charge >= 0.3 is 35.7 Å². The molecule has 0 saturated heterocycles. The first-order valence-electron chi connectivity index (χ1n) is 4.94. The van der Waals surface area contributed by atoms with Crippen LogP contribution >= 0.6 is 0 Å². The summed E-state index contributed by atoms with van der Waals surface area (Å²) < 4.78 is 4.96. The number of aryl methyl sites for hydroxylation is 1. The molecule has 1 aromatic heterocycles. The molecule has 1 amide bonds. The summed E-state index contributed by atoms with van der Waals surface area (Å²) in [6.45, 7) is 1.76. The van der Waals surface area contributed by atoms with Crippen molar-refractivity contribution in [2.45, 2.75) is 6.92 Å². The second kappa shape index (κ2) is 9.56. The number of hydrogen-bond donors (Lipinski definition) is 0. The molecular formula is C12H9N3NaO2Y-. The molecule has 0 N–H and O–H groups in total. The quantitative estimate of drug-likeness (QED) is 0.561. The first-order chi connectivity index (χ1) is 8.24. The second-order valence-electron chi connectivity index (χ2n) is 3.23. The van der Waals surface area contributed by atoms with Crippen molar-refractivity contribution >= 4 is 12.0 Å². The van der Waals surface area contributed by atoms with E-state index in [1.54, 1.807) is 37.3 Å². The first kappa shape index (κ1) is 18.7. The van der Waals surface area contributed by atoms with Gasteiger partial charge in [-0.1, -0.05) is 31.1 Å². The van der Waals surface area contributed by atoms with Gasteiger partial charge in [-0.15, -0.1) is 5.69 Å². The number of rotatable bonds is 2. The van der Waals surface area contributed by atoms with Crippen molar-refractivity contribution in [3.63, 3.8) is 0 Å². The maximum absolute atomic E-state index is 11.4. The van der Waals surface area contributed by atoms with E-state index in [4.69, 9.17) is 4.74 Å². The topological polar surface area (TPSA) is 66.2 Å². The van der Waals surface area contributed by atoms with Crippen molar-refractivity contribution in [1.82, 2.24) is 9.97 Å². The summed E-state index contributed by atoms with van der Waals surface area (Å²) in [7, 11) is 0. The van der Waals surface area contributed by atoms with E-state index >= 15 is 0 Å². The van der Waals surface area contributed by atoms with Gasteiger partial charge in [0.25, 0.3) is 0 Å². The predicted molar refractivity (Wildman–Crippen MR) is 61.1 cm³/mol. The molecule has 2 rings (SSSR count). The Labute approximate surface area is 158 Å². The molecule has 5 nitrogen and oxygen atoms in total. The zero-order chi connectivity index (χ0) is 12.1. The zero-order valence-electron chi connectivity index (χ0n) is 10.7. The van der Waals surface area contributed by atoms with Gasteiger partial charge in [-0.25, -0.2) is 4.79 Å². The molecule has 2 aromatic rings. The molecule has 0 aliphatic carbocycles. The van der Waals surface area contributed by atoms with Gasteiger partial charge in [0.15, 0.2) is 0 Å². The van der Waals surface area contributed by atoms with Crippen LogP contribution < -0.4 is 34.3 Å². The minimum atomic E-state index is -0.754. The number of nitrogens with zero attached hydrogens (tertiary/aromatic N) is 3. The number of para-hydroxylation sites is 1. The van der Waals surface area contributed by atoms with Gasteiger partial charge in [-0.3, -0.25) is 0 Å². The van der Waals surface area contributed by atoms with Gasteiger partial charge in [0.05, 0.1) is 0 Å². The van der Waals surface area contributed by atoms with Crippen LogP contribution in [0.1, 0.15) is 5.69 Å². The Morgan fingerprint density at radius 2 is 2.00 bits per heavy atom. The second-order valence-corrected chi connectivity index (χ2v) is 3.23. The van der Waals surface area contributed by atoms with Crippen molar-refractivity contribution in [3.8, 4) is 5.75 Å². The van der Waals surface area contributed by atoms with Gasteiger partial charge in [0.2, 0.25) is 0 Å². The normalized spacial score (nSPS) is 8.68. The Bertz CT molecular complexity index is 525. The molecule has 1 heterocycles. The predicted octanol–water partition coefficient (Wildman–Crippen LogP) is -0.209. The van der Waals surface area contributed by atoms with E-state index in [0.717, 1.165) is 0 Å². The molecule has 19 heavy (non-hydrogen) atoms. The number of hydrogen-bond acceptors (Lipinski definition) is 4. The fraction of sp³-hybridized carbons (Fsp3) is 0.0833. The van der Waals surface area contributed by atoms with Crippen molar-refractivity contribution < 1.29 is 71.8 Å². The summed E-state index contributed by atoms with van der Waals surface area (Å²) in [6, 6.07) is 10.3. The SMILES string of the molecule is Cc1c[c-]nc([N-]C(=O)Oc2ccccc2)n1.[Na+].[Y]. The van der Waals surface area contributed by atoms with E-state index in [0.29, 0.717) is 11.4 Å². The summed E-state index contributed by atoms with van der Waals surface area (Å²) in [6.07, 6.45) is 1.83. The molecule has 1 aromatic carbocycles. The van der Waals surface area contributed by atoms with Crippen LogP contribution in [0.5, 0.6) is 5.75 Å². The number of benzene rings is 1. The van der Waals surface area contributed by atoms with Gasteiger partial charge in [-0.05, 0) is 12.1 Å². The van der Waals surface area contributed by atoms with Crippen LogP contribution in [0.3, 0.4) is 0 Å². The summed E-state index contributed by atoms with van der Waals surface area (Å²) in [5, 5.41) is 3.60. The Hall–Kier alpha value is -0.326. The van der Waals surface area contributed by atoms with E-state index in [2.05, 4.69) is 21.5 Å². The molecule has 0 saturated carbocycles. The fourth-order valence-corrected chi connectivity index (χ4v) is 1.14. The molecule has 0 spiro atoms. The van der Waals surface area contributed by atoms with Gasteiger partial charge in [0, 0.05) is 32.7 Å². The Kier molecular flexibility index (Phi) is 9.39. The van der Waals surface area contributed by atoms with E-state index in [-0.39, 0.29) is 68.2 Å². The third-order valence-electron chi connectivity index (χ3n) is 1.85.